The molecule has 1 aromatic carbocycles. The molecule has 0 unspecified atom stereocenters. The zero-order chi connectivity index (χ0) is 11.7. The van der Waals surface area contributed by atoms with Gasteiger partial charge in [0.1, 0.15) is 0 Å². The van der Waals surface area contributed by atoms with Crippen LogP contribution in [0.5, 0.6) is 0 Å². The van der Waals surface area contributed by atoms with Gasteiger partial charge in [-0.15, -0.1) is 11.3 Å². The molecular formula is C15H17NS. The van der Waals surface area contributed by atoms with Crippen LogP contribution in [0.4, 0.5) is 0 Å². The van der Waals surface area contributed by atoms with Gasteiger partial charge in [0.2, 0.25) is 0 Å². The zero-order valence-electron chi connectivity index (χ0n) is 9.91. The lowest BCUT2D eigenvalue weighted by molar-refractivity contribution is 0.686. The highest BCUT2D eigenvalue weighted by Crippen LogP contribution is 2.31. The van der Waals surface area contributed by atoms with E-state index >= 15 is 0 Å². The Morgan fingerprint density at radius 3 is 2.59 bits per heavy atom. The number of aryl methyl sites for hydroxylation is 2. The van der Waals surface area contributed by atoms with E-state index in [2.05, 4.69) is 30.3 Å². The predicted octanol–water partition coefficient (Wildman–Crippen LogP) is 3.75. The molecule has 1 aliphatic carbocycles. The average molecular weight is 243 g/mol. The van der Waals surface area contributed by atoms with Gasteiger partial charge in [-0.2, -0.15) is 0 Å². The third-order valence-electron chi connectivity index (χ3n) is 3.50. The molecule has 2 aromatic rings. The van der Waals surface area contributed by atoms with Crippen molar-refractivity contribution in [2.24, 2.45) is 5.73 Å². The number of fused-ring (bicyclic) bond motifs is 1. The van der Waals surface area contributed by atoms with E-state index in [1.54, 1.807) is 11.1 Å². The van der Waals surface area contributed by atoms with E-state index < -0.39 is 0 Å². The number of hydrogen-bond acceptors (Lipinski definition) is 2. The quantitative estimate of drug-likeness (QED) is 0.854. The van der Waals surface area contributed by atoms with Gasteiger partial charge in [-0.05, 0) is 54.5 Å². The van der Waals surface area contributed by atoms with Gasteiger partial charge in [0.15, 0.2) is 0 Å². The Bertz CT molecular complexity index is 527. The summed E-state index contributed by atoms with van der Waals surface area (Å²) in [5.74, 6) is 0. The number of rotatable bonds is 2. The maximum atomic E-state index is 5.66. The fraction of sp³-hybridized carbons (Fsp3) is 0.333. The van der Waals surface area contributed by atoms with Crippen LogP contribution in [0.25, 0.3) is 10.4 Å². The molecule has 0 fully saturated rings. The van der Waals surface area contributed by atoms with Gasteiger partial charge in [-0.1, -0.05) is 18.2 Å². The van der Waals surface area contributed by atoms with E-state index in [1.807, 2.05) is 11.3 Å². The molecule has 2 N–H and O–H groups in total. The van der Waals surface area contributed by atoms with Crippen molar-refractivity contribution in [1.29, 1.82) is 0 Å². The molecule has 1 heterocycles. The average Bonchev–Trinajstić information content (AvgIpc) is 2.87. The molecule has 0 saturated carbocycles. The summed E-state index contributed by atoms with van der Waals surface area (Å²) in [4.78, 5) is 2.61. The van der Waals surface area contributed by atoms with Crippen molar-refractivity contribution in [1.82, 2.24) is 0 Å². The first kappa shape index (κ1) is 11.0. The first-order chi connectivity index (χ1) is 8.36. The Balaban J connectivity index is 1.97. The summed E-state index contributed by atoms with van der Waals surface area (Å²) < 4.78 is 0. The standard InChI is InChI=1S/C15H17NS/c16-10-14-7-8-15(17-14)13-6-5-11-3-1-2-4-12(11)9-13/h5-9H,1-4,10,16H2. The third-order valence-corrected chi connectivity index (χ3v) is 4.65. The lowest BCUT2D eigenvalue weighted by Crippen LogP contribution is -2.01. The van der Waals surface area contributed by atoms with E-state index in [0.717, 1.165) is 0 Å². The summed E-state index contributed by atoms with van der Waals surface area (Å²) in [6.45, 7) is 0.648. The van der Waals surface area contributed by atoms with Gasteiger partial charge in [0.05, 0.1) is 0 Å². The van der Waals surface area contributed by atoms with Crippen LogP contribution in [-0.4, -0.2) is 0 Å². The molecule has 0 amide bonds. The number of thiophene rings is 1. The molecule has 3 rings (SSSR count). The van der Waals surface area contributed by atoms with E-state index in [9.17, 15) is 0 Å². The van der Waals surface area contributed by atoms with Crippen molar-refractivity contribution in [3.05, 3.63) is 46.3 Å². The highest BCUT2D eigenvalue weighted by Gasteiger charge is 2.10. The second-order valence-corrected chi connectivity index (χ2v) is 5.83. The lowest BCUT2D eigenvalue weighted by atomic mass is 9.90. The van der Waals surface area contributed by atoms with Crippen molar-refractivity contribution in [2.75, 3.05) is 0 Å². The Morgan fingerprint density at radius 1 is 1.00 bits per heavy atom. The smallest absolute Gasteiger partial charge is 0.0346 e. The summed E-state index contributed by atoms with van der Waals surface area (Å²) in [6.07, 6.45) is 5.20. The molecule has 0 spiro atoms. The summed E-state index contributed by atoms with van der Waals surface area (Å²) >= 11 is 1.81. The SMILES string of the molecule is NCc1ccc(-c2ccc3c(c2)CCCC3)s1. The largest absolute Gasteiger partial charge is 0.326 e. The zero-order valence-corrected chi connectivity index (χ0v) is 10.7. The summed E-state index contributed by atoms with van der Waals surface area (Å²) in [5, 5.41) is 0. The van der Waals surface area contributed by atoms with Crippen molar-refractivity contribution in [2.45, 2.75) is 32.2 Å². The minimum absolute atomic E-state index is 0.648. The van der Waals surface area contributed by atoms with Gasteiger partial charge in [0, 0.05) is 16.3 Å². The van der Waals surface area contributed by atoms with E-state index in [4.69, 9.17) is 5.73 Å². The Kier molecular flexibility index (Phi) is 3.00. The Morgan fingerprint density at radius 2 is 1.82 bits per heavy atom. The maximum absolute atomic E-state index is 5.66. The Hall–Kier alpha value is -1.12. The number of nitrogens with two attached hydrogens (primary N) is 1. The van der Waals surface area contributed by atoms with Crippen molar-refractivity contribution >= 4 is 11.3 Å². The fourth-order valence-corrected chi connectivity index (χ4v) is 3.41. The van der Waals surface area contributed by atoms with Crippen LogP contribution >= 0.6 is 11.3 Å². The molecule has 1 aromatic heterocycles. The van der Waals surface area contributed by atoms with Gasteiger partial charge < -0.3 is 5.73 Å². The van der Waals surface area contributed by atoms with Crippen LogP contribution < -0.4 is 5.73 Å². The minimum atomic E-state index is 0.648. The van der Waals surface area contributed by atoms with Crippen molar-refractivity contribution in [3.8, 4) is 10.4 Å². The molecule has 0 bridgehead atoms. The van der Waals surface area contributed by atoms with Crippen LogP contribution in [0.1, 0.15) is 28.8 Å². The monoisotopic (exact) mass is 243 g/mol. The van der Waals surface area contributed by atoms with Crippen molar-refractivity contribution in [3.63, 3.8) is 0 Å². The molecule has 0 aliphatic heterocycles. The molecule has 0 atom stereocenters. The summed E-state index contributed by atoms with van der Waals surface area (Å²) in [7, 11) is 0. The van der Waals surface area contributed by atoms with E-state index in [1.165, 1.54) is 41.0 Å². The normalized spacial score (nSPS) is 14.6. The minimum Gasteiger partial charge on any atom is -0.326 e. The molecule has 0 saturated heterocycles. The predicted molar refractivity (Wildman–Crippen MR) is 74.3 cm³/mol. The van der Waals surface area contributed by atoms with E-state index in [-0.39, 0.29) is 0 Å². The van der Waals surface area contributed by atoms with Crippen LogP contribution in [-0.2, 0) is 19.4 Å². The highest BCUT2D eigenvalue weighted by atomic mass is 32.1. The molecule has 1 nitrogen and oxygen atoms in total. The van der Waals surface area contributed by atoms with Crippen LogP contribution in [0.2, 0.25) is 0 Å². The third kappa shape index (κ3) is 2.15. The van der Waals surface area contributed by atoms with Gasteiger partial charge in [0.25, 0.3) is 0 Å². The Labute approximate surface area is 106 Å². The first-order valence-electron chi connectivity index (χ1n) is 6.28. The maximum Gasteiger partial charge on any atom is 0.0346 e. The molecule has 2 heteroatoms. The second-order valence-electron chi connectivity index (χ2n) is 4.66. The van der Waals surface area contributed by atoms with E-state index in [0.29, 0.717) is 6.54 Å². The molecule has 0 radical (unpaired) electrons. The second kappa shape index (κ2) is 4.63. The molecule has 17 heavy (non-hydrogen) atoms. The molecule has 88 valence electrons. The summed E-state index contributed by atoms with van der Waals surface area (Å²) in [6, 6.07) is 11.3. The fourth-order valence-electron chi connectivity index (χ4n) is 2.53. The van der Waals surface area contributed by atoms with Gasteiger partial charge >= 0.3 is 0 Å². The van der Waals surface area contributed by atoms with Gasteiger partial charge in [-0.25, -0.2) is 0 Å². The van der Waals surface area contributed by atoms with Crippen LogP contribution in [0, 0.1) is 0 Å². The van der Waals surface area contributed by atoms with Crippen molar-refractivity contribution < 1.29 is 0 Å². The number of benzene rings is 1. The molecule has 1 aliphatic rings. The first-order valence-corrected chi connectivity index (χ1v) is 7.09. The van der Waals surface area contributed by atoms with Crippen LogP contribution in [0.3, 0.4) is 0 Å². The molecular weight excluding hydrogens is 226 g/mol. The number of hydrogen-bond donors (Lipinski definition) is 1. The van der Waals surface area contributed by atoms with Gasteiger partial charge in [-0.3, -0.25) is 0 Å². The van der Waals surface area contributed by atoms with Crippen LogP contribution in [0.15, 0.2) is 30.3 Å². The highest BCUT2D eigenvalue weighted by molar-refractivity contribution is 7.15. The summed E-state index contributed by atoms with van der Waals surface area (Å²) in [5.41, 5.74) is 10.1. The topological polar surface area (TPSA) is 26.0 Å². The lowest BCUT2D eigenvalue weighted by Gasteiger charge is -2.16.